The van der Waals surface area contributed by atoms with Crippen molar-refractivity contribution in [2.24, 2.45) is 0 Å². The number of carbonyl (C=O) groups is 8. The Balaban J connectivity index is 1.06. The van der Waals surface area contributed by atoms with Crippen molar-refractivity contribution in [1.29, 1.82) is 0 Å². The fourth-order valence-electron chi connectivity index (χ4n) is 9.13. The van der Waals surface area contributed by atoms with Crippen molar-refractivity contribution >= 4 is 47.3 Å². The summed E-state index contributed by atoms with van der Waals surface area (Å²) >= 11 is 0. The fraction of sp³-hybridized carbons (Fsp3) is 0.837. The van der Waals surface area contributed by atoms with Crippen LogP contribution in [-0.4, -0.2) is 332 Å². The summed E-state index contributed by atoms with van der Waals surface area (Å²) in [6.07, 6.45) is -33.5. The van der Waals surface area contributed by atoms with E-state index in [2.05, 4.69) is 26.6 Å². The Labute approximate surface area is 490 Å². The highest BCUT2D eigenvalue weighted by Gasteiger charge is 2.52. The normalized spacial score (nSPS) is 33.9. The number of aliphatic hydroxyl groups excluding tert-OH is 13. The number of nitrogens with zero attached hydrogens (tertiary/aromatic N) is 2. The third-order valence-electron chi connectivity index (χ3n) is 14.0. The molecule has 7 amide bonds. The lowest BCUT2D eigenvalue weighted by molar-refractivity contribution is -0.366. The molecule has 0 radical (unpaired) electrons. The molecule has 86 heavy (non-hydrogen) atoms. The number of ether oxygens (including phenoxy) is 8. The molecular formula is C49H81N7O30. The third kappa shape index (κ3) is 21.1. The van der Waals surface area contributed by atoms with Gasteiger partial charge in [0.05, 0.1) is 65.2 Å². The average Bonchev–Trinajstić information content (AvgIpc) is 1.67. The predicted octanol–water partition coefficient (Wildman–Crippen LogP) is -12.3. The zero-order valence-electron chi connectivity index (χ0n) is 46.8. The second-order valence-electron chi connectivity index (χ2n) is 20.7. The van der Waals surface area contributed by atoms with Crippen LogP contribution in [-0.2, 0) is 81.1 Å². The van der Waals surface area contributed by atoms with Crippen LogP contribution < -0.4 is 26.6 Å². The van der Waals surface area contributed by atoms with E-state index in [0.29, 0.717) is 5.06 Å². The molecule has 5 saturated heterocycles. The maximum atomic E-state index is 13.1. The van der Waals surface area contributed by atoms with Gasteiger partial charge in [0.25, 0.3) is 11.8 Å². The first-order chi connectivity index (χ1) is 40.8. The van der Waals surface area contributed by atoms with E-state index in [-0.39, 0.29) is 84.5 Å². The molecule has 37 nitrogen and oxygen atoms in total. The molecule has 0 aliphatic carbocycles. The van der Waals surface area contributed by atoms with Gasteiger partial charge in [-0.3, -0.25) is 38.5 Å². The van der Waals surface area contributed by atoms with E-state index in [0.717, 1.165) is 4.90 Å². The second-order valence-corrected chi connectivity index (χ2v) is 20.7. The van der Waals surface area contributed by atoms with Gasteiger partial charge in [-0.15, -0.1) is 5.06 Å². The van der Waals surface area contributed by atoms with Gasteiger partial charge < -0.3 is 136 Å². The smallest absolute Gasteiger partial charge is 0.334 e. The Morgan fingerprint density at radius 1 is 0.477 bits per heavy atom. The quantitative estimate of drug-likeness (QED) is 0.0214. The molecule has 0 aromatic heterocycles. The third-order valence-corrected chi connectivity index (χ3v) is 14.0. The average molecular weight is 1250 g/mol. The molecular weight excluding hydrogens is 1170 g/mol. The Kier molecular flexibility index (Phi) is 29.5. The molecule has 0 saturated carbocycles. The lowest BCUT2D eigenvalue weighted by Gasteiger charge is -2.46. The number of nitrogens with one attached hydrogen (secondary N) is 5. The van der Waals surface area contributed by atoms with Crippen LogP contribution in [0.1, 0.15) is 51.9 Å². The molecule has 0 aromatic rings. The highest BCUT2D eigenvalue weighted by molar-refractivity contribution is 6.01. The van der Waals surface area contributed by atoms with Crippen molar-refractivity contribution in [2.45, 2.75) is 175 Å². The van der Waals surface area contributed by atoms with Crippen LogP contribution >= 0.6 is 0 Å². The van der Waals surface area contributed by atoms with Gasteiger partial charge in [0.15, 0.2) is 25.2 Å². The van der Waals surface area contributed by atoms with E-state index >= 15 is 0 Å². The van der Waals surface area contributed by atoms with E-state index in [9.17, 15) is 105 Å². The second kappa shape index (κ2) is 35.3. The maximum Gasteiger partial charge on any atom is 0.334 e. The number of imide groups is 1. The van der Waals surface area contributed by atoms with Gasteiger partial charge in [0, 0.05) is 58.4 Å². The standard InChI is InChI=1S/C49H81N7O30/c1-22-34(67)38(71)41(74)46(81-22)78-14-12-53-26(59)4-2-9-50-28(61)16-55(18-30(63)52-11-8-33(66)86-56-31(64)6-7-32(56)65)17-29(62)51-10-3-5-27(60)54-13-15-79-48-44(77)45(85-49-43(76)40(73)36(69)24(20-58)83-49)37(70)25(84-48)21-80-47-42(75)39(72)35(68)23(19-57)82-47/h22-25,34-49,57-58,67-77H,2-21H2,1H3,(H,50,61)(H,51,62)(H,52,63)(H,53,59)(H,54,60)/t22-,23+,24+,25+,34+,35+,36+,37+,38+,39-,40-,41-,42-,43-,44-,45-,46+,47-,48-,49+/m0/s1. The number of carbonyl (C=O) groups excluding carboxylic acids is 8. The molecule has 492 valence electrons. The van der Waals surface area contributed by atoms with E-state index in [1.165, 1.54) is 6.92 Å². The van der Waals surface area contributed by atoms with Crippen molar-refractivity contribution in [1.82, 2.24) is 36.5 Å². The molecule has 5 aliphatic rings. The zero-order chi connectivity index (χ0) is 63.4. The van der Waals surface area contributed by atoms with Gasteiger partial charge in [-0.05, 0) is 19.8 Å². The van der Waals surface area contributed by atoms with Crippen LogP contribution in [0.4, 0.5) is 0 Å². The van der Waals surface area contributed by atoms with Gasteiger partial charge in [0.1, 0.15) is 91.6 Å². The molecule has 5 fully saturated rings. The number of hydrogen-bond donors (Lipinski definition) is 18. The first-order valence-electron chi connectivity index (χ1n) is 27.8. The highest BCUT2D eigenvalue weighted by atomic mass is 16.8. The molecule has 18 N–H and O–H groups in total. The molecule has 0 unspecified atom stereocenters. The lowest BCUT2D eigenvalue weighted by atomic mass is 9.96. The highest BCUT2D eigenvalue weighted by Crippen LogP contribution is 2.31. The minimum atomic E-state index is -1.98. The largest absolute Gasteiger partial charge is 0.394 e. The minimum Gasteiger partial charge on any atom is -0.394 e. The summed E-state index contributed by atoms with van der Waals surface area (Å²) in [6, 6.07) is 0. The van der Waals surface area contributed by atoms with E-state index in [1.807, 2.05) is 0 Å². The Bertz CT molecular complexity index is 2190. The lowest BCUT2D eigenvalue weighted by Crippen LogP contribution is -2.65. The molecule has 5 heterocycles. The molecule has 37 heteroatoms. The zero-order valence-corrected chi connectivity index (χ0v) is 46.8. The molecule has 5 aliphatic heterocycles. The summed E-state index contributed by atoms with van der Waals surface area (Å²) in [7, 11) is 0. The SMILES string of the molecule is C[C@@H]1O[C@@H](OCCNC(=O)CCCNC(=O)CN(CC(=O)NCCCC(=O)NCCO[C@H]2O[C@H](CO[C@H]3O[C@H](CO)[C@@H](O)[C@H](O)[C@@H]3O)[C@@H](O)[C@H](O[C@H]3O[C@H](CO)[C@@H](O)[C@H](O)[C@@H]3O)[C@@H]2O)CC(=O)NCCC(=O)ON2C(=O)CCC2=O)[C@@H](O)[C@H](O)[C@@H]1O. The Hall–Kier alpha value is -4.92. The Morgan fingerprint density at radius 2 is 0.895 bits per heavy atom. The minimum absolute atomic E-state index is 0.00588. The number of aliphatic hydroxyl groups is 13. The predicted molar refractivity (Wildman–Crippen MR) is 275 cm³/mol. The number of rotatable bonds is 33. The summed E-state index contributed by atoms with van der Waals surface area (Å²) in [6.45, 7) is -3.60. The Morgan fingerprint density at radius 3 is 1.40 bits per heavy atom. The first kappa shape index (κ1) is 71.8. The molecule has 0 aromatic carbocycles. The van der Waals surface area contributed by atoms with Gasteiger partial charge >= 0.3 is 5.97 Å². The molecule has 20 atom stereocenters. The number of amides is 7. The van der Waals surface area contributed by atoms with E-state index < -0.39 is 216 Å². The van der Waals surface area contributed by atoms with Crippen molar-refractivity contribution in [3.05, 3.63) is 0 Å². The van der Waals surface area contributed by atoms with Crippen LogP contribution in [0.2, 0.25) is 0 Å². The monoisotopic (exact) mass is 1250 g/mol. The van der Waals surface area contributed by atoms with Crippen LogP contribution in [0.25, 0.3) is 0 Å². The summed E-state index contributed by atoms with van der Waals surface area (Å²) in [5, 5.41) is 147. The van der Waals surface area contributed by atoms with Gasteiger partial charge in [-0.25, -0.2) is 4.79 Å². The van der Waals surface area contributed by atoms with Crippen LogP contribution in [0.15, 0.2) is 0 Å². The van der Waals surface area contributed by atoms with Crippen molar-refractivity contribution in [3.63, 3.8) is 0 Å². The topological polar surface area (TPSA) is 549 Å². The molecule has 5 rings (SSSR count). The van der Waals surface area contributed by atoms with Crippen LogP contribution in [0.5, 0.6) is 0 Å². The fourth-order valence-corrected chi connectivity index (χ4v) is 9.13. The van der Waals surface area contributed by atoms with Crippen molar-refractivity contribution in [2.75, 3.05) is 85.4 Å². The van der Waals surface area contributed by atoms with Crippen LogP contribution in [0, 0.1) is 0 Å². The molecule has 0 bridgehead atoms. The summed E-state index contributed by atoms with van der Waals surface area (Å²) in [5.41, 5.74) is 0. The number of hydrogen-bond acceptors (Lipinski definition) is 31. The van der Waals surface area contributed by atoms with Gasteiger partial charge in [0.2, 0.25) is 29.5 Å². The van der Waals surface area contributed by atoms with E-state index in [4.69, 9.17) is 42.7 Å². The summed E-state index contributed by atoms with van der Waals surface area (Å²) in [5.74, 6) is -5.46. The van der Waals surface area contributed by atoms with Gasteiger partial charge in [-0.2, -0.15) is 0 Å². The summed E-state index contributed by atoms with van der Waals surface area (Å²) < 4.78 is 44.0. The number of hydroxylamine groups is 2. The van der Waals surface area contributed by atoms with Crippen molar-refractivity contribution in [3.8, 4) is 0 Å². The van der Waals surface area contributed by atoms with E-state index in [1.54, 1.807) is 0 Å². The van der Waals surface area contributed by atoms with Crippen molar-refractivity contribution < 1.29 is 147 Å². The van der Waals surface area contributed by atoms with Crippen LogP contribution in [0.3, 0.4) is 0 Å². The summed E-state index contributed by atoms with van der Waals surface area (Å²) in [4.78, 5) is 106. The van der Waals surface area contributed by atoms with Gasteiger partial charge in [-0.1, -0.05) is 0 Å². The maximum absolute atomic E-state index is 13.1. The first-order valence-corrected chi connectivity index (χ1v) is 27.8. The molecule has 0 spiro atoms.